The molecule has 2 fully saturated rings. The van der Waals surface area contributed by atoms with Crippen molar-refractivity contribution in [3.63, 3.8) is 0 Å². The van der Waals surface area contributed by atoms with Gasteiger partial charge in [-0.15, -0.1) is 0 Å². The van der Waals surface area contributed by atoms with Crippen LogP contribution >= 0.6 is 0 Å². The molecule has 0 aromatic carbocycles. The average Bonchev–Trinajstić information content (AvgIpc) is 2.78. The van der Waals surface area contributed by atoms with Gasteiger partial charge in [-0.1, -0.05) is 12.5 Å². The lowest BCUT2D eigenvalue weighted by Crippen LogP contribution is -2.29. The summed E-state index contributed by atoms with van der Waals surface area (Å²) >= 11 is 0. The fourth-order valence-electron chi connectivity index (χ4n) is 3.06. The first-order chi connectivity index (χ1) is 6.20. The van der Waals surface area contributed by atoms with E-state index in [-0.39, 0.29) is 5.97 Å². The Labute approximate surface area is 78.0 Å². The van der Waals surface area contributed by atoms with Gasteiger partial charge in [-0.3, -0.25) is 0 Å². The number of fused-ring (bicyclic) bond motifs is 3. The van der Waals surface area contributed by atoms with Crippen LogP contribution < -0.4 is 0 Å². The molecule has 2 heteroatoms. The van der Waals surface area contributed by atoms with E-state index in [1.165, 1.54) is 24.8 Å². The monoisotopic (exact) mass is 178 g/mol. The van der Waals surface area contributed by atoms with E-state index >= 15 is 0 Å². The Morgan fingerprint density at radius 3 is 3.23 bits per heavy atom. The van der Waals surface area contributed by atoms with Crippen LogP contribution in [0.3, 0.4) is 0 Å². The normalized spacial score (nSPS) is 47.2. The van der Waals surface area contributed by atoms with Crippen LogP contribution in [-0.2, 0) is 9.53 Å². The zero-order valence-electron chi connectivity index (χ0n) is 7.88. The molecule has 1 aliphatic heterocycles. The number of cyclic esters (lactones) is 1. The third kappa shape index (κ3) is 0.917. The highest BCUT2D eigenvalue weighted by molar-refractivity contribution is 5.84. The van der Waals surface area contributed by atoms with Gasteiger partial charge in [0.25, 0.3) is 0 Å². The maximum absolute atomic E-state index is 11.1. The number of esters is 1. The van der Waals surface area contributed by atoms with E-state index in [1.807, 2.05) is 0 Å². The zero-order chi connectivity index (χ0) is 9.05. The summed E-state index contributed by atoms with van der Waals surface area (Å²) in [5.74, 6) is 1.28. The summed E-state index contributed by atoms with van der Waals surface area (Å²) in [6, 6.07) is 0. The molecule has 0 N–H and O–H groups in total. The Bertz CT molecular complexity index is 305. The molecule has 0 spiro atoms. The molecule has 3 aliphatic rings. The van der Waals surface area contributed by atoms with Gasteiger partial charge >= 0.3 is 5.97 Å². The van der Waals surface area contributed by atoms with Crippen LogP contribution in [0.25, 0.3) is 0 Å². The van der Waals surface area contributed by atoms with Crippen molar-refractivity contribution in [2.75, 3.05) is 6.61 Å². The van der Waals surface area contributed by atoms with Crippen LogP contribution in [0.4, 0.5) is 0 Å². The quantitative estimate of drug-likeness (QED) is 0.529. The van der Waals surface area contributed by atoms with E-state index < -0.39 is 0 Å². The van der Waals surface area contributed by atoms with Crippen LogP contribution in [0.1, 0.15) is 26.2 Å². The van der Waals surface area contributed by atoms with Crippen LogP contribution in [0, 0.1) is 17.3 Å². The number of ether oxygens (including phenoxy) is 1. The molecule has 2 nitrogen and oxygen atoms in total. The van der Waals surface area contributed by atoms with E-state index in [0.29, 0.717) is 17.9 Å². The molecule has 0 radical (unpaired) electrons. The molecule has 0 aromatic rings. The second-order valence-corrected chi connectivity index (χ2v) is 4.82. The summed E-state index contributed by atoms with van der Waals surface area (Å²) in [5, 5.41) is 0. The maximum atomic E-state index is 11.1. The standard InChI is InChI=1S/C11H14O2/c1-11-5-8(11)3-2-7-6-13-10(12)4-9(7)11/h4,7-8H,2-3,5-6H2,1H3/t7?,8-,11+/m0/s1. The molecule has 1 unspecified atom stereocenters. The van der Waals surface area contributed by atoms with Gasteiger partial charge in [0.05, 0.1) is 6.61 Å². The predicted molar refractivity (Wildman–Crippen MR) is 48.0 cm³/mol. The number of carbonyl (C=O) groups is 1. The molecule has 0 aromatic heterocycles. The summed E-state index contributed by atoms with van der Waals surface area (Å²) in [6.07, 6.45) is 5.60. The van der Waals surface area contributed by atoms with Gasteiger partial charge in [0.15, 0.2) is 0 Å². The van der Waals surface area contributed by atoms with Gasteiger partial charge in [-0.05, 0) is 30.6 Å². The summed E-state index contributed by atoms with van der Waals surface area (Å²) < 4.78 is 5.04. The number of hydrogen-bond acceptors (Lipinski definition) is 2. The summed E-state index contributed by atoms with van der Waals surface area (Å²) in [4.78, 5) is 11.1. The lowest BCUT2D eigenvalue weighted by Gasteiger charge is -2.32. The van der Waals surface area contributed by atoms with E-state index in [0.717, 1.165) is 5.92 Å². The molecule has 0 saturated heterocycles. The summed E-state index contributed by atoms with van der Waals surface area (Å²) in [5.41, 5.74) is 1.77. The van der Waals surface area contributed by atoms with Gasteiger partial charge < -0.3 is 4.74 Å². The minimum Gasteiger partial charge on any atom is -0.462 e. The molecular weight excluding hydrogens is 164 g/mol. The third-order valence-electron chi connectivity index (χ3n) is 4.07. The fourth-order valence-corrected chi connectivity index (χ4v) is 3.06. The van der Waals surface area contributed by atoms with Crippen molar-refractivity contribution in [2.45, 2.75) is 26.2 Å². The molecular formula is C11H14O2. The lowest BCUT2D eigenvalue weighted by atomic mass is 9.76. The van der Waals surface area contributed by atoms with Crippen molar-refractivity contribution >= 4 is 5.97 Å². The molecule has 3 rings (SSSR count). The fraction of sp³-hybridized carbons (Fsp3) is 0.727. The van der Waals surface area contributed by atoms with Crippen molar-refractivity contribution in [3.05, 3.63) is 11.6 Å². The first-order valence-electron chi connectivity index (χ1n) is 5.09. The zero-order valence-corrected chi connectivity index (χ0v) is 7.88. The van der Waals surface area contributed by atoms with Crippen LogP contribution in [0.2, 0.25) is 0 Å². The van der Waals surface area contributed by atoms with Crippen LogP contribution in [0.5, 0.6) is 0 Å². The highest BCUT2D eigenvalue weighted by Crippen LogP contribution is 2.65. The molecule has 70 valence electrons. The van der Waals surface area contributed by atoms with Crippen LogP contribution in [-0.4, -0.2) is 12.6 Å². The first kappa shape index (κ1) is 7.60. The predicted octanol–water partition coefficient (Wildman–Crippen LogP) is 1.91. The minimum absolute atomic E-state index is 0.125. The van der Waals surface area contributed by atoms with Crippen molar-refractivity contribution in [1.82, 2.24) is 0 Å². The van der Waals surface area contributed by atoms with Gasteiger partial charge in [0.2, 0.25) is 0 Å². The summed E-state index contributed by atoms with van der Waals surface area (Å²) in [7, 11) is 0. The maximum Gasteiger partial charge on any atom is 0.330 e. The topological polar surface area (TPSA) is 26.3 Å². The Balaban J connectivity index is 2.00. The highest BCUT2D eigenvalue weighted by atomic mass is 16.5. The van der Waals surface area contributed by atoms with E-state index in [9.17, 15) is 4.79 Å². The van der Waals surface area contributed by atoms with Crippen molar-refractivity contribution < 1.29 is 9.53 Å². The first-order valence-corrected chi connectivity index (χ1v) is 5.09. The SMILES string of the molecule is C[C@@]12C[C@@H]1CCC1COC(=O)C=C12. The Morgan fingerprint density at radius 2 is 2.38 bits per heavy atom. The Hall–Kier alpha value is -0.790. The molecule has 0 bridgehead atoms. The van der Waals surface area contributed by atoms with Crippen molar-refractivity contribution in [3.8, 4) is 0 Å². The van der Waals surface area contributed by atoms with Crippen LogP contribution in [0.15, 0.2) is 11.6 Å². The third-order valence-corrected chi connectivity index (χ3v) is 4.07. The lowest BCUT2D eigenvalue weighted by molar-refractivity contribution is -0.140. The van der Waals surface area contributed by atoms with Gasteiger partial charge in [0.1, 0.15) is 0 Å². The highest BCUT2D eigenvalue weighted by Gasteiger charge is 2.57. The average molecular weight is 178 g/mol. The van der Waals surface area contributed by atoms with Crippen molar-refractivity contribution in [2.24, 2.45) is 17.3 Å². The van der Waals surface area contributed by atoms with Crippen molar-refractivity contribution in [1.29, 1.82) is 0 Å². The Morgan fingerprint density at radius 1 is 1.54 bits per heavy atom. The van der Waals surface area contributed by atoms with E-state index in [2.05, 4.69) is 6.92 Å². The minimum atomic E-state index is -0.125. The van der Waals surface area contributed by atoms with Gasteiger partial charge in [-0.2, -0.15) is 0 Å². The number of carbonyl (C=O) groups excluding carboxylic acids is 1. The smallest absolute Gasteiger partial charge is 0.330 e. The molecule has 2 saturated carbocycles. The second-order valence-electron chi connectivity index (χ2n) is 4.82. The number of rotatable bonds is 0. The number of hydrogen-bond donors (Lipinski definition) is 0. The van der Waals surface area contributed by atoms with E-state index in [1.54, 1.807) is 6.08 Å². The van der Waals surface area contributed by atoms with Gasteiger partial charge in [0, 0.05) is 12.0 Å². The molecule has 0 amide bonds. The summed E-state index contributed by atoms with van der Waals surface area (Å²) in [6.45, 7) is 2.93. The molecule has 3 atom stereocenters. The molecule has 13 heavy (non-hydrogen) atoms. The van der Waals surface area contributed by atoms with Gasteiger partial charge in [-0.25, -0.2) is 4.79 Å². The largest absolute Gasteiger partial charge is 0.462 e. The van der Waals surface area contributed by atoms with E-state index in [4.69, 9.17) is 4.74 Å². The molecule has 2 aliphatic carbocycles. The second kappa shape index (κ2) is 2.17. The Kier molecular flexibility index (Phi) is 1.27. The molecule has 1 heterocycles.